The smallest absolute Gasteiger partial charge is 0.322 e. The largest absolute Gasteiger partial charge is 0.496 e. The van der Waals surface area contributed by atoms with Crippen LogP contribution in [0.4, 0.5) is 0 Å². The predicted molar refractivity (Wildman–Crippen MR) is 66.8 cm³/mol. The van der Waals surface area contributed by atoms with Gasteiger partial charge in [0.15, 0.2) is 0 Å². The Kier molecular flexibility index (Phi) is 4.71. The van der Waals surface area contributed by atoms with Crippen LogP contribution in [-0.4, -0.2) is 30.6 Å². The first-order valence-electron chi connectivity index (χ1n) is 5.56. The molecule has 0 atom stereocenters. The van der Waals surface area contributed by atoms with Gasteiger partial charge in [0.05, 0.1) is 13.5 Å². The third kappa shape index (κ3) is 3.76. The summed E-state index contributed by atoms with van der Waals surface area (Å²) in [6, 6.07) is 3.73. The number of ether oxygens (including phenoxy) is 1. The van der Waals surface area contributed by atoms with Crippen LogP contribution in [0.5, 0.6) is 5.75 Å². The van der Waals surface area contributed by atoms with Crippen molar-refractivity contribution in [2.45, 2.75) is 20.3 Å². The fourth-order valence-electron chi connectivity index (χ4n) is 1.89. The zero-order chi connectivity index (χ0) is 13.7. The quantitative estimate of drug-likeness (QED) is 0.820. The number of aliphatic carboxylic acids is 1. The molecule has 0 saturated heterocycles. The van der Waals surface area contributed by atoms with Gasteiger partial charge in [0.2, 0.25) is 5.91 Å². The number of carbonyl (C=O) groups is 2. The molecule has 0 saturated carbocycles. The van der Waals surface area contributed by atoms with Gasteiger partial charge in [-0.3, -0.25) is 9.59 Å². The molecule has 1 aromatic carbocycles. The second kappa shape index (κ2) is 6.05. The summed E-state index contributed by atoms with van der Waals surface area (Å²) in [6.07, 6.45) is 0.166. The van der Waals surface area contributed by atoms with Gasteiger partial charge in [-0.2, -0.15) is 0 Å². The maximum Gasteiger partial charge on any atom is 0.322 e. The minimum atomic E-state index is -1.05. The van der Waals surface area contributed by atoms with Crippen molar-refractivity contribution in [2.24, 2.45) is 0 Å². The summed E-state index contributed by atoms with van der Waals surface area (Å²) >= 11 is 0. The van der Waals surface area contributed by atoms with E-state index in [2.05, 4.69) is 5.32 Å². The van der Waals surface area contributed by atoms with E-state index in [-0.39, 0.29) is 18.9 Å². The molecule has 0 heterocycles. The van der Waals surface area contributed by atoms with E-state index in [4.69, 9.17) is 9.84 Å². The van der Waals surface area contributed by atoms with Gasteiger partial charge in [0, 0.05) is 0 Å². The van der Waals surface area contributed by atoms with Crippen molar-refractivity contribution in [2.75, 3.05) is 13.7 Å². The molecule has 0 aliphatic heterocycles. The number of rotatable bonds is 5. The minimum absolute atomic E-state index is 0.166. The molecule has 5 nitrogen and oxygen atoms in total. The molecule has 98 valence electrons. The van der Waals surface area contributed by atoms with E-state index in [1.54, 1.807) is 7.11 Å². The topological polar surface area (TPSA) is 75.6 Å². The molecule has 0 bridgehead atoms. The molecule has 0 fully saturated rings. The van der Waals surface area contributed by atoms with Crippen LogP contribution in [-0.2, 0) is 16.0 Å². The van der Waals surface area contributed by atoms with Gasteiger partial charge >= 0.3 is 5.97 Å². The highest BCUT2D eigenvalue weighted by molar-refractivity contribution is 5.82. The average Bonchev–Trinajstić information content (AvgIpc) is 2.26. The van der Waals surface area contributed by atoms with Crippen LogP contribution in [0.2, 0.25) is 0 Å². The number of hydrogen-bond acceptors (Lipinski definition) is 3. The van der Waals surface area contributed by atoms with Crippen molar-refractivity contribution in [3.05, 3.63) is 28.8 Å². The van der Waals surface area contributed by atoms with Gasteiger partial charge in [-0.25, -0.2) is 0 Å². The van der Waals surface area contributed by atoms with E-state index in [1.807, 2.05) is 26.0 Å². The van der Waals surface area contributed by atoms with E-state index in [0.29, 0.717) is 0 Å². The summed E-state index contributed by atoms with van der Waals surface area (Å²) < 4.78 is 5.24. The number of hydrogen-bond donors (Lipinski definition) is 2. The number of carboxylic acid groups (broad SMARTS) is 1. The Hall–Kier alpha value is -2.04. The van der Waals surface area contributed by atoms with Crippen molar-refractivity contribution in [3.8, 4) is 5.75 Å². The molecule has 5 heteroatoms. The summed E-state index contributed by atoms with van der Waals surface area (Å²) in [5.41, 5.74) is 2.76. The fraction of sp³-hybridized carbons (Fsp3) is 0.385. The van der Waals surface area contributed by atoms with Crippen LogP contribution < -0.4 is 10.1 Å². The van der Waals surface area contributed by atoms with Crippen LogP contribution in [0, 0.1) is 13.8 Å². The van der Waals surface area contributed by atoms with E-state index in [1.165, 1.54) is 0 Å². The monoisotopic (exact) mass is 251 g/mol. The molecule has 0 radical (unpaired) electrons. The van der Waals surface area contributed by atoms with Crippen LogP contribution >= 0.6 is 0 Å². The lowest BCUT2D eigenvalue weighted by molar-refractivity contribution is -0.137. The van der Waals surface area contributed by atoms with E-state index < -0.39 is 5.97 Å². The summed E-state index contributed by atoms with van der Waals surface area (Å²) in [4.78, 5) is 21.8. The minimum Gasteiger partial charge on any atom is -0.496 e. The first-order chi connectivity index (χ1) is 8.43. The lowest BCUT2D eigenvalue weighted by Crippen LogP contribution is -2.30. The highest BCUT2D eigenvalue weighted by Crippen LogP contribution is 2.24. The van der Waals surface area contributed by atoms with Gasteiger partial charge in [-0.15, -0.1) is 0 Å². The van der Waals surface area contributed by atoms with Crippen molar-refractivity contribution in [1.29, 1.82) is 0 Å². The molecule has 0 unspecified atom stereocenters. The van der Waals surface area contributed by atoms with Crippen molar-refractivity contribution in [3.63, 3.8) is 0 Å². The third-order valence-corrected chi connectivity index (χ3v) is 2.53. The van der Waals surface area contributed by atoms with Gasteiger partial charge < -0.3 is 15.2 Å². The summed E-state index contributed by atoms with van der Waals surface area (Å²) in [5.74, 6) is -0.545. The molecule has 1 amide bonds. The number of aryl methyl sites for hydroxylation is 2. The predicted octanol–water partition coefficient (Wildman–Crippen LogP) is 1.06. The zero-order valence-corrected chi connectivity index (χ0v) is 10.7. The Morgan fingerprint density at radius 3 is 2.28 bits per heavy atom. The second-order valence-electron chi connectivity index (χ2n) is 4.11. The SMILES string of the molecule is COc1c(C)cc(CC(=O)NCC(=O)O)cc1C. The summed E-state index contributed by atoms with van der Waals surface area (Å²) in [5, 5.41) is 10.8. The van der Waals surface area contributed by atoms with Crippen molar-refractivity contribution >= 4 is 11.9 Å². The van der Waals surface area contributed by atoms with E-state index in [0.717, 1.165) is 22.4 Å². The Morgan fingerprint density at radius 2 is 1.83 bits per heavy atom. The second-order valence-corrected chi connectivity index (χ2v) is 4.11. The molecule has 0 aliphatic carbocycles. The molecular formula is C13H17NO4. The molecule has 0 aromatic heterocycles. The molecule has 0 aliphatic rings. The number of carboxylic acids is 1. The Morgan fingerprint density at radius 1 is 1.28 bits per heavy atom. The highest BCUT2D eigenvalue weighted by Gasteiger charge is 2.09. The van der Waals surface area contributed by atoms with Crippen LogP contribution in [0.15, 0.2) is 12.1 Å². The first kappa shape index (κ1) is 14.0. The molecule has 1 rings (SSSR count). The summed E-state index contributed by atoms with van der Waals surface area (Å²) in [7, 11) is 1.61. The fourth-order valence-corrected chi connectivity index (χ4v) is 1.89. The highest BCUT2D eigenvalue weighted by atomic mass is 16.5. The van der Waals surface area contributed by atoms with Crippen LogP contribution in [0.3, 0.4) is 0 Å². The maximum absolute atomic E-state index is 11.5. The van der Waals surface area contributed by atoms with Gasteiger partial charge in [0.25, 0.3) is 0 Å². The lowest BCUT2D eigenvalue weighted by Gasteiger charge is -2.11. The van der Waals surface area contributed by atoms with Crippen molar-refractivity contribution < 1.29 is 19.4 Å². The van der Waals surface area contributed by atoms with Gasteiger partial charge in [-0.05, 0) is 30.5 Å². The van der Waals surface area contributed by atoms with Gasteiger partial charge in [-0.1, -0.05) is 12.1 Å². The number of benzene rings is 1. The van der Waals surface area contributed by atoms with Crippen molar-refractivity contribution in [1.82, 2.24) is 5.32 Å². The number of amides is 1. The molecular weight excluding hydrogens is 234 g/mol. The molecule has 1 aromatic rings. The number of methoxy groups -OCH3 is 1. The molecule has 0 spiro atoms. The Bertz CT molecular complexity index is 445. The molecule has 2 N–H and O–H groups in total. The Labute approximate surface area is 106 Å². The maximum atomic E-state index is 11.5. The van der Waals surface area contributed by atoms with Crippen LogP contribution in [0.1, 0.15) is 16.7 Å². The standard InChI is InChI=1S/C13H17NO4/c1-8-4-10(5-9(2)13(8)18-3)6-11(15)14-7-12(16)17/h4-5H,6-7H2,1-3H3,(H,14,15)(H,16,17). The van der Waals surface area contributed by atoms with Gasteiger partial charge in [0.1, 0.15) is 12.3 Å². The number of carbonyl (C=O) groups excluding carboxylic acids is 1. The van der Waals surface area contributed by atoms with E-state index in [9.17, 15) is 9.59 Å². The number of nitrogens with one attached hydrogen (secondary N) is 1. The summed E-state index contributed by atoms with van der Waals surface area (Å²) in [6.45, 7) is 3.46. The first-order valence-corrected chi connectivity index (χ1v) is 5.56. The van der Waals surface area contributed by atoms with Crippen LogP contribution in [0.25, 0.3) is 0 Å². The normalized spacial score (nSPS) is 9.94. The lowest BCUT2D eigenvalue weighted by atomic mass is 10.0. The average molecular weight is 251 g/mol. The van der Waals surface area contributed by atoms with E-state index >= 15 is 0 Å². The third-order valence-electron chi connectivity index (χ3n) is 2.53. The zero-order valence-electron chi connectivity index (χ0n) is 10.7. The Balaban J connectivity index is 2.74. The molecule has 18 heavy (non-hydrogen) atoms.